The van der Waals surface area contributed by atoms with Crippen LogP contribution in [0.25, 0.3) is 0 Å². The van der Waals surface area contributed by atoms with Gasteiger partial charge in [-0.15, -0.1) is 0 Å². The molecule has 0 aliphatic heterocycles. The summed E-state index contributed by atoms with van der Waals surface area (Å²) in [6.07, 6.45) is 54.3. The number of hydrogen-bond donors (Lipinski definition) is 0. The maximum Gasteiger partial charge on any atom is 0.306 e. The Morgan fingerprint density at radius 1 is 0.345 bits per heavy atom. The van der Waals surface area contributed by atoms with Crippen LogP contribution < -0.4 is 0 Å². The van der Waals surface area contributed by atoms with Crippen molar-refractivity contribution in [1.82, 2.24) is 0 Å². The molecule has 338 valence electrons. The molecule has 58 heavy (non-hydrogen) atoms. The molecule has 6 nitrogen and oxygen atoms in total. The molecule has 0 saturated heterocycles. The molecular formula is C52H94O6. The molecule has 0 aliphatic rings. The van der Waals surface area contributed by atoms with Gasteiger partial charge < -0.3 is 14.2 Å². The minimum absolute atomic E-state index is 0.0743. The Hall–Kier alpha value is -2.37. The van der Waals surface area contributed by atoms with Crippen molar-refractivity contribution in [3.63, 3.8) is 0 Å². The number of unbranched alkanes of at least 4 members (excludes halogenated alkanes) is 28. The average molecular weight is 815 g/mol. The van der Waals surface area contributed by atoms with Crippen LogP contribution in [-0.2, 0) is 28.6 Å². The summed E-state index contributed by atoms with van der Waals surface area (Å²) in [6, 6.07) is 0. The lowest BCUT2D eigenvalue weighted by molar-refractivity contribution is -0.167. The maximum absolute atomic E-state index is 12.7. The first-order valence-electron chi connectivity index (χ1n) is 25.0. The molecule has 0 amide bonds. The van der Waals surface area contributed by atoms with Crippen molar-refractivity contribution < 1.29 is 28.6 Å². The van der Waals surface area contributed by atoms with E-state index in [9.17, 15) is 14.4 Å². The van der Waals surface area contributed by atoms with Crippen LogP contribution in [0.5, 0.6) is 0 Å². The summed E-state index contributed by atoms with van der Waals surface area (Å²) in [4.78, 5) is 37.6. The molecule has 0 aliphatic carbocycles. The zero-order chi connectivity index (χ0) is 42.3. The zero-order valence-corrected chi connectivity index (χ0v) is 38.6. The van der Waals surface area contributed by atoms with Crippen molar-refractivity contribution in [1.29, 1.82) is 0 Å². The van der Waals surface area contributed by atoms with E-state index < -0.39 is 6.10 Å². The number of rotatable bonds is 45. The van der Waals surface area contributed by atoms with Crippen molar-refractivity contribution in [2.24, 2.45) is 0 Å². The Bertz CT molecular complexity index is 984. The van der Waals surface area contributed by atoms with E-state index in [1.54, 1.807) is 0 Å². The third kappa shape index (κ3) is 44.7. The molecule has 1 atom stereocenters. The molecule has 6 heteroatoms. The molecule has 0 aromatic heterocycles. The van der Waals surface area contributed by atoms with Crippen LogP contribution >= 0.6 is 0 Å². The van der Waals surface area contributed by atoms with Crippen molar-refractivity contribution >= 4 is 17.9 Å². The monoisotopic (exact) mass is 815 g/mol. The van der Waals surface area contributed by atoms with Gasteiger partial charge in [0.2, 0.25) is 0 Å². The van der Waals surface area contributed by atoms with Gasteiger partial charge in [-0.25, -0.2) is 0 Å². The highest BCUT2D eigenvalue weighted by molar-refractivity contribution is 5.71. The molecule has 0 saturated carbocycles. The van der Waals surface area contributed by atoms with Crippen molar-refractivity contribution in [2.75, 3.05) is 13.2 Å². The van der Waals surface area contributed by atoms with Crippen molar-refractivity contribution in [3.05, 3.63) is 36.5 Å². The van der Waals surface area contributed by atoms with E-state index in [0.717, 1.165) is 77.0 Å². The normalized spacial score (nSPS) is 12.3. The van der Waals surface area contributed by atoms with Gasteiger partial charge in [-0.1, -0.05) is 218 Å². The molecule has 0 bridgehead atoms. The third-order valence-electron chi connectivity index (χ3n) is 10.9. The van der Waals surface area contributed by atoms with Gasteiger partial charge in [-0.2, -0.15) is 0 Å². The smallest absolute Gasteiger partial charge is 0.306 e. The van der Waals surface area contributed by atoms with Gasteiger partial charge in [0, 0.05) is 19.3 Å². The highest BCUT2D eigenvalue weighted by Crippen LogP contribution is 2.15. The molecule has 1 unspecified atom stereocenters. The van der Waals surface area contributed by atoms with E-state index >= 15 is 0 Å². The van der Waals surface area contributed by atoms with Crippen LogP contribution in [-0.4, -0.2) is 37.2 Å². The summed E-state index contributed by atoms with van der Waals surface area (Å²) in [6.45, 7) is 6.56. The van der Waals surface area contributed by atoms with Crippen molar-refractivity contribution in [3.8, 4) is 0 Å². The molecule has 0 rings (SSSR count). The first-order valence-corrected chi connectivity index (χ1v) is 25.0. The molecule has 0 aromatic carbocycles. The molecule has 0 fully saturated rings. The highest BCUT2D eigenvalue weighted by Gasteiger charge is 2.19. The van der Waals surface area contributed by atoms with Crippen LogP contribution in [0.3, 0.4) is 0 Å². The Morgan fingerprint density at radius 2 is 0.621 bits per heavy atom. The lowest BCUT2D eigenvalue weighted by Crippen LogP contribution is -2.30. The quantitative estimate of drug-likeness (QED) is 0.0264. The van der Waals surface area contributed by atoms with Gasteiger partial charge >= 0.3 is 17.9 Å². The Morgan fingerprint density at radius 3 is 0.966 bits per heavy atom. The SMILES string of the molecule is CCCCCCC/C=C\C/C=C\C/C=C\CCCCCCCCC(=O)OCC(COC(=O)CCCCCCCC)OC(=O)CCCCCCCCCCCCCCC. The fourth-order valence-corrected chi connectivity index (χ4v) is 7.10. The van der Waals surface area contributed by atoms with Crippen LogP contribution in [0.15, 0.2) is 36.5 Å². The van der Waals surface area contributed by atoms with Gasteiger partial charge in [0.1, 0.15) is 13.2 Å². The molecule has 0 radical (unpaired) electrons. The van der Waals surface area contributed by atoms with Gasteiger partial charge in [0.05, 0.1) is 0 Å². The van der Waals surface area contributed by atoms with E-state index in [0.29, 0.717) is 19.3 Å². The van der Waals surface area contributed by atoms with Gasteiger partial charge in [-0.05, 0) is 57.8 Å². The first-order chi connectivity index (χ1) is 28.5. The minimum atomic E-state index is -0.770. The second-order valence-electron chi connectivity index (χ2n) is 16.7. The molecule has 0 spiro atoms. The maximum atomic E-state index is 12.7. The summed E-state index contributed by atoms with van der Waals surface area (Å²) in [7, 11) is 0. The second kappa shape index (κ2) is 47.3. The summed E-state index contributed by atoms with van der Waals surface area (Å²) >= 11 is 0. The number of carbonyl (C=O) groups excluding carboxylic acids is 3. The van der Waals surface area contributed by atoms with Gasteiger partial charge in [0.25, 0.3) is 0 Å². The standard InChI is InChI=1S/C52H94O6/c1-4-7-10-13-16-18-20-22-23-24-25-26-27-28-29-31-32-34-36-39-42-45-51(54)57-48-49(47-56-50(53)44-41-38-15-12-9-6-3)58-52(55)46-43-40-37-35-33-30-21-19-17-14-11-8-5-2/h20,22,24-25,27-28,49H,4-19,21,23,26,29-48H2,1-3H3/b22-20-,25-24-,28-27-. The summed E-state index contributed by atoms with van der Waals surface area (Å²) in [5.74, 6) is -0.889. The molecule has 0 N–H and O–H groups in total. The van der Waals surface area contributed by atoms with Gasteiger partial charge in [0.15, 0.2) is 6.10 Å². The fraction of sp³-hybridized carbons (Fsp3) is 0.827. The number of hydrogen-bond acceptors (Lipinski definition) is 6. The Kier molecular flexibility index (Phi) is 45.4. The van der Waals surface area contributed by atoms with Crippen LogP contribution in [0.1, 0.15) is 258 Å². The lowest BCUT2D eigenvalue weighted by atomic mass is 10.0. The number of carbonyl (C=O) groups is 3. The van der Waals surface area contributed by atoms with E-state index in [1.165, 1.54) is 141 Å². The van der Waals surface area contributed by atoms with E-state index in [4.69, 9.17) is 14.2 Å². The van der Waals surface area contributed by atoms with E-state index in [-0.39, 0.29) is 31.1 Å². The topological polar surface area (TPSA) is 78.9 Å². The first kappa shape index (κ1) is 55.6. The van der Waals surface area contributed by atoms with Crippen LogP contribution in [0.4, 0.5) is 0 Å². The Labute approximate surface area is 359 Å². The predicted molar refractivity (Wildman–Crippen MR) is 247 cm³/mol. The lowest BCUT2D eigenvalue weighted by Gasteiger charge is -2.18. The minimum Gasteiger partial charge on any atom is -0.462 e. The number of allylic oxidation sites excluding steroid dienone is 6. The summed E-state index contributed by atoms with van der Waals surface area (Å²) < 4.78 is 16.7. The number of esters is 3. The van der Waals surface area contributed by atoms with Gasteiger partial charge in [-0.3, -0.25) is 14.4 Å². The predicted octanol–water partition coefficient (Wildman–Crippen LogP) is 16.1. The van der Waals surface area contributed by atoms with E-state index in [2.05, 4.69) is 57.2 Å². The summed E-state index contributed by atoms with van der Waals surface area (Å²) in [5, 5.41) is 0. The third-order valence-corrected chi connectivity index (χ3v) is 10.9. The second-order valence-corrected chi connectivity index (χ2v) is 16.7. The highest BCUT2D eigenvalue weighted by atomic mass is 16.6. The van der Waals surface area contributed by atoms with Crippen LogP contribution in [0, 0.1) is 0 Å². The Balaban J connectivity index is 4.20. The molecule has 0 heterocycles. The van der Waals surface area contributed by atoms with E-state index in [1.807, 2.05) is 0 Å². The number of ether oxygens (including phenoxy) is 3. The van der Waals surface area contributed by atoms with Crippen molar-refractivity contribution in [2.45, 2.75) is 264 Å². The molecular weight excluding hydrogens is 721 g/mol. The zero-order valence-electron chi connectivity index (χ0n) is 38.6. The fourth-order valence-electron chi connectivity index (χ4n) is 7.10. The largest absolute Gasteiger partial charge is 0.462 e. The average Bonchev–Trinajstić information content (AvgIpc) is 3.22. The summed E-state index contributed by atoms with van der Waals surface area (Å²) in [5.41, 5.74) is 0. The van der Waals surface area contributed by atoms with Crippen LogP contribution in [0.2, 0.25) is 0 Å². The molecule has 0 aromatic rings.